The second-order valence-electron chi connectivity index (χ2n) is 8.55. The van der Waals surface area contributed by atoms with Crippen molar-refractivity contribution in [3.63, 3.8) is 0 Å². The highest BCUT2D eigenvalue weighted by Crippen LogP contribution is 2.35. The number of nitrogens with zero attached hydrogens (tertiary/aromatic N) is 4. The van der Waals surface area contributed by atoms with Crippen LogP contribution in [-0.4, -0.2) is 62.6 Å². The summed E-state index contributed by atoms with van der Waals surface area (Å²) in [5.74, 6) is 0. The van der Waals surface area contributed by atoms with Gasteiger partial charge in [0.25, 0.3) is 40.1 Å². The molecule has 0 aliphatic rings. The van der Waals surface area contributed by atoms with Crippen LogP contribution in [0.1, 0.15) is 77.0 Å². The molecule has 0 radical (unpaired) electrons. The zero-order valence-corrected chi connectivity index (χ0v) is 25.8. The molecule has 0 aliphatic carbocycles. The van der Waals surface area contributed by atoms with Gasteiger partial charge in [-0.2, -0.15) is 21.0 Å². The third-order valence-electron chi connectivity index (χ3n) is 5.35. The molecule has 232 valence electrons. The molecule has 0 aliphatic heterocycles. The summed E-state index contributed by atoms with van der Waals surface area (Å²) >= 11 is 0. The molecule has 0 saturated heterocycles. The Morgan fingerprint density at radius 1 is 0.390 bits per heavy atom. The minimum atomic E-state index is -5.83. The molecule has 20 heteroatoms. The van der Waals surface area contributed by atoms with Crippen molar-refractivity contribution in [1.29, 1.82) is 21.0 Å². The summed E-state index contributed by atoms with van der Waals surface area (Å²) < 4.78 is 112. The van der Waals surface area contributed by atoms with Gasteiger partial charge in [-0.05, 0) is 51.4 Å². The summed E-state index contributed by atoms with van der Waals surface area (Å²) in [4.78, 5) is 0. The fourth-order valence-electron chi connectivity index (χ4n) is 3.36. The molecule has 0 aromatic rings. The lowest BCUT2D eigenvalue weighted by Crippen LogP contribution is -2.69. The van der Waals surface area contributed by atoms with Crippen molar-refractivity contribution in [2.45, 2.75) is 79.8 Å². The van der Waals surface area contributed by atoms with Gasteiger partial charge in [-0.25, -0.2) is 52.6 Å². The minimum Gasteiger partial charge on any atom is -0.212 e. The van der Waals surface area contributed by atoms with Crippen LogP contribution in [0.5, 0.6) is 0 Å². The lowest BCUT2D eigenvalue weighted by Gasteiger charge is -2.32. The highest BCUT2D eigenvalue weighted by Gasteiger charge is 2.74. The van der Waals surface area contributed by atoms with Crippen molar-refractivity contribution < 1.29 is 33.7 Å². The average molecular weight is 657 g/mol. The van der Waals surface area contributed by atoms with Crippen LogP contribution in [0.3, 0.4) is 0 Å². The molecule has 4 N–H and O–H groups in total. The second-order valence-corrected chi connectivity index (χ2v) is 17.7. The maximum absolute atomic E-state index is 13.7. The average Bonchev–Trinajstić information content (AvgIpc) is 2.87. The summed E-state index contributed by atoms with van der Waals surface area (Å²) in [6.45, 7) is -2.28. The number of rotatable bonds is 24. The largest absolute Gasteiger partial charge is 0.423 e. The van der Waals surface area contributed by atoms with Crippen molar-refractivity contribution in [2.75, 3.05) is 26.2 Å². The van der Waals surface area contributed by atoms with Gasteiger partial charge in [0, 0.05) is 51.9 Å². The summed E-state index contributed by atoms with van der Waals surface area (Å²) in [5, 5.41) is 34.7. The Kier molecular flexibility index (Phi) is 17.8. The van der Waals surface area contributed by atoms with Gasteiger partial charge in [0.1, 0.15) is 0 Å². The molecule has 0 bridgehead atoms. The van der Waals surface area contributed by atoms with Gasteiger partial charge in [-0.3, -0.25) is 0 Å². The zero-order chi connectivity index (χ0) is 31.5. The highest BCUT2D eigenvalue weighted by molar-refractivity contribution is 8.38. The number of sulfonamides is 4. The summed E-state index contributed by atoms with van der Waals surface area (Å²) in [6.07, 6.45) is 0.548. The molecule has 0 atom stereocenters. The fraction of sp³-hybridized carbons (Fsp3) is 0.810. The van der Waals surface area contributed by atoms with Crippen molar-refractivity contribution in [3.05, 3.63) is 0 Å². The molecule has 0 heterocycles. The minimum absolute atomic E-state index is 0.0144. The standard InChI is InChI=1S/C21H36N8O8S4/c22-13-5-1-9-17-26-38(30,31)21(39(32,33)27-18-10-2-6-14-23,40(34,35)28-19-11-3-7-15-24)41(36,37)29-20-12-4-8-16-25/h26-29H,1-12,17-20H2. The van der Waals surface area contributed by atoms with Crippen LogP contribution in [0.25, 0.3) is 0 Å². The molecule has 0 aromatic carbocycles. The van der Waals surface area contributed by atoms with Crippen LogP contribution in [0.2, 0.25) is 0 Å². The van der Waals surface area contributed by atoms with Crippen molar-refractivity contribution in [2.24, 2.45) is 0 Å². The number of hydrogen-bond donors (Lipinski definition) is 4. The maximum Gasteiger partial charge on any atom is 0.423 e. The monoisotopic (exact) mass is 656 g/mol. The Balaban J connectivity index is 6.95. The van der Waals surface area contributed by atoms with Gasteiger partial charge < -0.3 is 0 Å². The van der Waals surface area contributed by atoms with Crippen molar-refractivity contribution in [3.8, 4) is 24.3 Å². The van der Waals surface area contributed by atoms with E-state index in [0.717, 1.165) is 0 Å². The molecule has 0 spiro atoms. The van der Waals surface area contributed by atoms with Crippen LogP contribution in [-0.2, 0) is 40.1 Å². The Morgan fingerprint density at radius 3 is 0.756 bits per heavy atom. The summed E-state index contributed by atoms with van der Waals surface area (Å²) in [5.41, 5.74) is 0. The third kappa shape index (κ3) is 11.1. The Labute approximate surface area is 243 Å². The highest BCUT2D eigenvalue weighted by atomic mass is 32.4. The Bertz CT molecular complexity index is 1200. The van der Waals surface area contributed by atoms with Gasteiger partial charge in [-0.15, -0.1) is 0 Å². The van der Waals surface area contributed by atoms with E-state index >= 15 is 0 Å². The first-order chi connectivity index (χ1) is 19.2. The van der Waals surface area contributed by atoms with E-state index in [4.69, 9.17) is 21.0 Å². The van der Waals surface area contributed by atoms with Crippen LogP contribution in [0, 0.1) is 45.3 Å². The van der Waals surface area contributed by atoms with Crippen LogP contribution in [0.4, 0.5) is 0 Å². The van der Waals surface area contributed by atoms with Crippen molar-refractivity contribution >= 4 is 40.1 Å². The number of nitrogens with one attached hydrogen (secondary N) is 4. The number of nitriles is 4. The molecular formula is C21H36N8O8S4. The molecule has 41 heavy (non-hydrogen) atoms. The van der Waals surface area contributed by atoms with E-state index in [0.29, 0.717) is 0 Å². The van der Waals surface area contributed by atoms with Crippen LogP contribution in [0.15, 0.2) is 0 Å². The maximum atomic E-state index is 13.7. The molecule has 16 nitrogen and oxygen atoms in total. The predicted octanol–water partition coefficient (Wildman–Crippen LogP) is 0.0508. The normalized spacial score (nSPS) is 12.6. The van der Waals surface area contributed by atoms with Gasteiger partial charge in [-0.1, -0.05) is 0 Å². The van der Waals surface area contributed by atoms with Crippen LogP contribution < -0.4 is 18.9 Å². The van der Waals surface area contributed by atoms with E-state index in [-0.39, 0.29) is 77.0 Å². The van der Waals surface area contributed by atoms with Gasteiger partial charge in [0.05, 0.1) is 24.3 Å². The topological polar surface area (TPSA) is 280 Å². The van der Waals surface area contributed by atoms with E-state index < -0.39 is 69.0 Å². The van der Waals surface area contributed by atoms with Gasteiger partial charge in [0.15, 0.2) is 0 Å². The first kappa shape index (κ1) is 38.6. The van der Waals surface area contributed by atoms with Crippen molar-refractivity contribution in [1.82, 2.24) is 18.9 Å². The molecule has 0 rings (SSSR count). The smallest absolute Gasteiger partial charge is 0.212 e. The first-order valence-corrected chi connectivity index (χ1v) is 18.6. The number of hydrogen-bond acceptors (Lipinski definition) is 12. The van der Waals surface area contributed by atoms with Gasteiger partial charge >= 0.3 is 2.74 Å². The SMILES string of the molecule is N#CCCCCNS(=O)(=O)C(S(=O)(=O)NCCCCC#N)(S(=O)(=O)NCCCCC#N)S(=O)(=O)NCCCCC#N. The predicted molar refractivity (Wildman–Crippen MR) is 148 cm³/mol. The molecule has 0 unspecified atom stereocenters. The first-order valence-electron chi connectivity index (χ1n) is 12.7. The molecule has 0 fully saturated rings. The van der Waals surface area contributed by atoms with E-state index in [1.54, 1.807) is 18.9 Å². The summed E-state index contributed by atoms with van der Waals surface area (Å²) in [6, 6.07) is 7.30. The molecule has 0 amide bonds. The second kappa shape index (κ2) is 18.9. The molecule has 0 saturated carbocycles. The Hall–Kier alpha value is -2.40. The van der Waals surface area contributed by atoms with E-state index in [1.165, 1.54) is 0 Å². The molecule has 0 aromatic heterocycles. The molecular weight excluding hydrogens is 621 g/mol. The Morgan fingerprint density at radius 2 is 0.585 bits per heavy atom. The lowest BCUT2D eigenvalue weighted by atomic mass is 10.2. The third-order valence-corrected chi connectivity index (χ3v) is 18.2. The quantitative estimate of drug-likeness (QED) is 0.100. The van der Waals surface area contributed by atoms with E-state index in [9.17, 15) is 33.7 Å². The van der Waals surface area contributed by atoms with E-state index in [1.807, 2.05) is 24.3 Å². The summed E-state index contributed by atoms with van der Waals surface area (Å²) in [7, 11) is -23.3. The van der Waals surface area contributed by atoms with Gasteiger partial charge in [0.2, 0.25) is 0 Å². The van der Waals surface area contributed by atoms with E-state index in [2.05, 4.69) is 0 Å². The number of unbranched alkanes of at least 4 members (excludes halogenated alkanes) is 8. The van der Waals surface area contributed by atoms with Crippen LogP contribution >= 0.6 is 0 Å². The fourth-order valence-corrected chi connectivity index (χ4v) is 14.8. The zero-order valence-electron chi connectivity index (χ0n) is 22.5. The lowest BCUT2D eigenvalue weighted by molar-refractivity contribution is 0.532.